The SMILES string of the molecule is c1cc(N2CCC3(C2)OCCO3)n[nH]1. The first-order chi connectivity index (χ1) is 6.88. The third-order valence-electron chi connectivity index (χ3n) is 2.82. The third-order valence-corrected chi connectivity index (χ3v) is 2.82. The molecule has 2 fully saturated rings. The lowest BCUT2D eigenvalue weighted by Gasteiger charge is -2.21. The number of H-pyrrole nitrogens is 1. The second kappa shape index (κ2) is 2.96. The van der Waals surface area contributed by atoms with Gasteiger partial charge in [-0.2, -0.15) is 5.10 Å². The predicted molar refractivity (Wildman–Crippen MR) is 50.1 cm³/mol. The highest BCUT2D eigenvalue weighted by Gasteiger charge is 2.43. The van der Waals surface area contributed by atoms with Crippen LogP contribution in [0, 0.1) is 0 Å². The summed E-state index contributed by atoms with van der Waals surface area (Å²) in [5.74, 6) is 0.625. The molecule has 0 aliphatic carbocycles. The lowest BCUT2D eigenvalue weighted by molar-refractivity contribution is -0.137. The minimum atomic E-state index is -0.348. The largest absolute Gasteiger partial charge is 0.350 e. The van der Waals surface area contributed by atoms with Gasteiger partial charge < -0.3 is 14.4 Å². The van der Waals surface area contributed by atoms with Crippen molar-refractivity contribution in [3.05, 3.63) is 12.3 Å². The van der Waals surface area contributed by atoms with Gasteiger partial charge in [-0.15, -0.1) is 0 Å². The van der Waals surface area contributed by atoms with Gasteiger partial charge in [-0.25, -0.2) is 0 Å². The van der Waals surface area contributed by atoms with Gasteiger partial charge in [0.25, 0.3) is 0 Å². The fourth-order valence-electron chi connectivity index (χ4n) is 2.11. The van der Waals surface area contributed by atoms with E-state index < -0.39 is 0 Å². The van der Waals surface area contributed by atoms with Crippen molar-refractivity contribution in [3.8, 4) is 0 Å². The highest BCUT2D eigenvalue weighted by molar-refractivity contribution is 5.38. The molecule has 5 heteroatoms. The molecule has 2 aliphatic heterocycles. The van der Waals surface area contributed by atoms with E-state index in [1.165, 1.54) is 0 Å². The van der Waals surface area contributed by atoms with E-state index in [1.54, 1.807) is 0 Å². The number of nitrogens with zero attached hydrogens (tertiary/aromatic N) is 2. The van der Waals surface area contributed by atoms with Crippen molar-refractivity contribution < 1.29 is 9.47 Å². The van der Waals surface area contributed by atoms with E-state index in [9.17, 15) is 0 Å². The van der Waals surface area contributed by atoms with Crippen molar-refractivity contribution in [2.75, 3.05) is 31.2 Å². The monoisotopic (exact) mass is 195 g/mol. The first kappa shape index (κ1) is 8.26. The van der Waals surface area contributed by atoms with Crippen molar-refractivity contribution in [1.82, 2.24) is 10.2 Å². The molecule has 14 heavy (non-hydrogen) atoms. The number of nitrogens with one attached hydrogen (secondary N) is 1. The molecule has 3 rings (SSSR count). The molecule has 1 spiro atoms. The Bertz CT molecular complexity index is 306. The Labute approximate surface area is 82.0 Å². The molecule has 0 saturated carbocycles. The fraction of sp³-hybridized carbons (Fsp3) is 0.667. The summed E-state index contributed by atoms with van der Waals surface area (Å²) in [5.41, 5.74) is 0. The standard InChI is InChI=1S/C9H13N3O2/c1-3-10-11-8(1)12-4-2-9(7-12)13-5-6-14-9/h1,3H,2,4-7H2,(H,10,11). The molecule has 0 amide bonds. The first-order valence-electron chi connectivity index (χ1n) is 4.91. The zero-order valence-electron chi connectivity index (χ0n) is 7.90. The van der Waals surface area contributed by atoms with Gasteiger partial charge in [0, 0.05) is 25.2 Å². The summed E-state index contributed by atoms with van der Waals surface area (Å²) in [6.07, 6.45) is 2.76. The van der Waals surface area contributed by atoms with Crippen LogP contribution in [0.15, 0.2) is 12.3 Å². The number of anilines is 1. The van der Waals surface area contributed by atoms with Crippen LogP contribution in [0.3, 0.4) is 0 Å². The minimum absolute atomic E-state index is 0.348. The van der Waals surface area contributed by atoms with Crippen LogP contribution in [0.2, 0.25) is 0 Å². The molecule has 0 bridgehead atoms. The number of aromatic nitrogens is 2. The van der Waals surface area contributed by atoms with Crippen LogP contribution in [-0.4, -0.2) is 42.3 Å². The van der Waals surface area contributed by atoms with E-state index in [0.29, 0.717) is 13.2 Å². The van der Waals surface area contributed by atoms with Gasteiger partial charge in [0.15, 0.2) is 11.6 Å². The average Bonchev–Trinajstić information content (AvgIpc) is 2.91. The Kier molecular flexibility index (Phi) is 1.75. The summed E-state index contributed by atoms with van der Waals surface area (Å²) in [7, 11) is 0. The summed E-state index contributed by atoms with van der Waals surface area (Å²) >= 11 is 0. The van der Waals surface area contributed by atoms with Gasteiger partial charge in [0.1, 0.15) is 0 Å². The molecular formula is C9H13N3O2. The normalized spacial score (nSPS) is 25.0. The highest BCUT2D eigenvalue weighted by atomic mass is 16.7. The maximum atomic E-state index is 5.63. The summed E-state index contributed by atoms with van der Waals surface area (Å²) in [4.78, 5) is 2.18. The van der Waals surface area contributed by atoms with Crippen LogP contribution in [0.1, 0.15) is 6.42 Å². The quantitative estimate of drug-likeness (QED) is 0.703. The van der Waals surface area contributed by atoms with E-state index in [2.05, 4.69) is 15.1 Å². The molecule has 1 N–H and O–H groups in total. The molecule has 1 aromatic rings. The second-order valence-electron chi connectivity index (χ2n) is 3.71. The van der Waals surface area contributed by atoms with Crippen molar-refractivity contribution in [3.63, 3.8) is 0 Å². The van der Waals surface area contributed by atoms with Crippen LogP contribution >= 0.6 is 0 Å². The zero-order chi connectivity index (χ0) is 9.43. The Morgan fingerprint density at radius 1 is 1.43 bits per heavy atom. The van der Waals surface area contributed by atoms with Crippen LogP contribution in [0.4, 0.5) is 5.82 Å². The molecule has 2 aliphatic rings. The molecule has 1 aromatic heterocycles. The third kappa shape index (κ3) is 1.20. The Balaban J connectivity index is 1.75. The fourth-order valence-corrected chi connectivity index (χ4v) is 2.11. The van der Waals surface area contributed by atoms with Crippen LogP contribution < -0.4 is 4.90 Å². The Morgan fingerprint density at radius 3 is 3.00 bits per heavy atom. The molecule has 0 unspecified atom stereocenters. The van der Waals surface area contributed by atoms with Gasteiger partial charge in [-0.3, -0.25) is 5.10 Å². The number of hydrogen-bond acceptors (Lipinski definition) is 4. The van der Waals surface area contributed by atoms with Crippen LogP contribution in [-0.2, 0) is 9.47 Å². The van der Waals surface area contributed by atoms with E-state index >= 15 is 0 Å². The molecular weight excluding hydrogens is 182 g/mol. The Hall–Kier alpha value is -1.07. The molecule has 0 aromatic carbocycles. The molecule has 3 heterocycles. The minimum Gasteiger partial charge on any atom is -0.350 e. The molecule has 0 radical (unpaired) electrons. The van der Waals surface area contributed by atoms with E-state index in [4.69, 9.17) is 9.47 Å². The van der Waals surface area contributed by atoms with Crippen molar-refractivity contribution in [2.45, 2.75) is 12.2 Å². The summed E-state index contributed by atoms with van der Waals surface area (Å²) in [6, 6.07) is 1.97. The zero-order valence-corrected chi connectivity index (χ0v) is 7.90. The Morgan fingerprint density at radius 2 is 2.29 bits per heavy atom. The summed E-state index contributed by atoms with van der Waals surface area (Å²) in [6.45, 7) is 3.17. The first-order valence-corrected chi connectivity index (χ1v) is 4.91. The highest BCUT2D eigenvalue weighted by Crippen LogP contribution is 2.32. The van der Waals surface area contributed by atoms with E-state index in [0.717, 1.165) is 25.3 Å². The van der Waals surface area contributed by atoms with Gasteiger partial charge in [0.2, 0.25) is 0 Å². The molecule has 0 atom stereocenters. The lowest BCUT2D eigenvalue weighted by Crippen LogP contribution is -2.34. The maximum Gasteiger partial charge on any atom is 0.187 e. The number of hydrogen-bond donors (Lipinski definition) is 1. The number of ether oxygens (including phenoxy) is 2. The van der Waals surface area contributed by atoms with Gasteiger partial charge in [-0.05, 0) is 0 Å². The summed E-state index contributed by atoms with van der Waals surface area (Å²) < 4.78 is 11.3. The van der Waals surface area contributed by atoms with Crippen molar-refractivity contribution >= 4 is 5.82 Å². The van der Waals surface area contributed by atoms with Gasteiger partial charge >= 0.3 is 0 Å². The van der Waals surface area contributed by atoms with Crippen molar-refractivity contribution in [2.24, 2.45) is 0 Å². The van der Waals surface area contributed by atoms with E-state index in [-0.39, 0.29) is 5.79 Å². The number of rotatable bonds is 1. The molecule has 76 valence electrons. The van der Waals surface area contributed by atoms with Crippen LogP contribution in [0.25, 0.3) is 0 Å². The predicted octanol–water partition coefficient (Wildman–Crippen LogP) is 0.363. The molecule has 5 nitrogen and oxygen atoms in total. The molecule has 2 saturated heterocycles. The summed E-state index contributed by atoms with van der Waals surface area (Å²) in [5, 5.41) is 6.95. The van der Waals surface area contributed by atoms with Gasteiger partial charge in [0.05, 0.1) is 19.8 Å². The topological polar surface area (TPSA) is 50.4 Å². The van der Waals surface area contributed by atoms with Crippen molar-refractivity contribution in [1.29, 1.82) is 0 Å². The smallest absolute Gasteiger partial charge is 0.187 e. The number of aromatic amines is 1. The lowest BCUT2D eigenvalue weighted by atomic mass is 10.2. The van der Waals surface area contributed by atoms with Crippen LogP contribution in [0.5, 0.6) is 0 Å². The second-order valence-corrected chi connectivity index (χ2v) is 3.71. The maximum absolute atomic E-state index is 5.63. The van der Waals surface area contributed by atoms with Gasteiger partial charge in [-0.1, -0.05) is 0 Å². The average molecular weight is 195 g/mol. The van der Waals surface area contributed by atoms with E-state index in [1.807, 2.05) is 12.3 Å².